The molecule has 0 radical (unpaired) electrons. The molecule has 1 aromatic carbocycles. The molecule has 1 saturated heterocycles. The molecule has 2 atom stereocenters. The van der Waals surface area contributed by atoms with Gasteiger partial charge < -0.3 is 18.9 Å². The van der Waals surface area contributed by atoms with Gasteiger partial charge in [-0.25, -0.2) is 0 Å². The van der Waals surface area contributed by atoms with Crippen molar-refractivity contribution < 1.29 is 14.3 Å². The highest BCUT2D eigenvalue weighted by Gasteiger charge is 2.44. The molecule has 0 aliphatic carbocycles. The Morgan fingerprint density at radius 3 is 2.77 bits per heavy atom. The van der Waals surface area contributed by atoms with Crippen LogP contribution in [0.15, 0.2) is 60.9 Å². The van der Waals surface area contributed by atoms with Crippen molar-refractivity contribution in [3.8, 4) is 11.5 Å². The van der Waals surface area contributed by atoms with Crippen molar-refractivity contribution in [3.63, 3.8) is 0 Å². The molecule has 30 heavy (non-hydrogen) atoms. The molecule has 1 fully saturated rings. The van der Waals surface area contributed by atoms with Crippen LogP contribution in [0.2, 0.25) is 0 Å². The Morgan fingerprint density at radius 1 is 0.967 bits per heavy atom. The number of likely N-dealkylation sites (tertiary alicyclic amines) is 1. The predicted molar refractivity (Wildman–Crippen MR) is 109 cm³/mol. The van der Waals surface area contributed by atoms with Crippen LogP contribution >= 0.6 is 0 Å². The summed E-state index contributed by atoms with van der Waals surface area (Å²) in [7, 11) is 0. The zero-order chi connectivity index (χ0) is 20.1. The quantitative estimate of drug-likeness (QED) is 0.672. The maximum absolute atomic E-state index is 13.2. The fraction of sp³-hybridized carbons (Fsp3) is 0.304. The van der Waals surface area contributed by atoms with E-state index in [0.29, 0.717) is 6.54 Å². The zero-order valence-electron chi connectivity index (χ0n) is 16.5. The van der Waals surface area contributed by atoms with E-state index in [0.717, 1.165) is 42.5 Å². The number of ether oxygens (including phenoxy) is 2. The summed E-state index contributed by atoms with van der Waals surface area (Å²) in [5.74, 6) is 1.69. The van der Waals surface area contributed by atoms with Gasteiger partial charge in [-0.05, 0) is 42.0 Å². The minimum Gasteiger partial charge on any atom is -0.454 e. The lowest BCUT2D eigenvalue weighted by Gasteiger charge is -2.38. The number of amides is 1. The first-order chi connectivity index (χ1) is 14.8. The van der Waals surface area contributed by atoms with Crippen LogP contribution in [0.4, 0.5) is 0 Å². The van der Waals surface area contributed by atoms with Crippen LogP contribution in [0.3, 0.4) is 0 Å². The van der Waals surface area contributed by atoms with E-state index in [2.05, 4.69) is 26.6 Å². The van der Waals surface area contributed by atoms with Crippen LogP contribution in [0.25, 0.3) is 0 Å². The second kappa shape index (κ2) is 6.88. The molecule has 152 valence electrons. The second-order valence-corrected chi connectivity index (χ2v) is 8.07. The number of pyridine rings is 1. The van der Waals surface area contributed by atoms with E-state index < -0.39 is 0 Å². The van der Waals surface area contributed by atoms with Gasteiger partial charge in [0, 0.05) is 32.0 Å². The van der Waals surface area contributed by atoms with Gasteiger partial charge in [0.05, 0.1) is 24.3 Å². The number of aromatic nitrogens is 2. The third-order valence-corrected chi connectivity index (χ3v) is 6.25. The van der Waals surface area contributed by atoms with Crippen LogP contribution in [0.5, 0.6) is 11.5 Å². The Bertz CT molecular complexity index is 1100. The molecule has 0 saturated carbocycles. The average molecular weight is 402 g/mol. The molecule has 0 bridgehead atoms. The second-order valence-electron chi connectivity index (χ2n) is 8.07. The SMILES string of the molecule is O=C1c2cccn2[C@@H]2CN(Cc3ccc4c(c3)OCO4)C[C@@H]2N1Cc1ccccn1. The Labute approximate surface area is 174 Å². The summed E-state index contributed by atoms with van der Waals surface area (Å²) in [6.07, 6.45) is 3.82. The van der Waals surface area contributed by atoms with E-state index in [9.17, 15) is 4.79 Å². The molecule has 6 rings (SSSR count). The summed E-state index contributed by atoms with van der Waals surface area (Å²) < 4.78 is 13.1. The molecule has 1 amide bonds. The van der Waals surface area contributed by atoms with Crippen molar-refractivity contribution in [1.82, 2.24) is 19.4 Å². The van der Waals surface area contributed by atoms with Crippen molar-refractivity contribution in [3.05, 3.63) is 77.9 Å². The predicted octanol–water partition coefficient (Wildman–Crippen LogP) is 2.69. The standard InChI is InChI=1S/C23H22N4O3/c28-23-18-5-3-9-26(18)19-13-25(11-16-6-7-21-22(10-16)30-15-29-21)14-20(19)27(23)12-17-4-1-2-8-24-17/h1-10,19-20H,11-15H2/t19-,20+/m1/s1. The van der Waals surface area contributed by atoms with Crippen molar-refractivity contribution in [2.75, 3.05) is 19.9 Å². The highest BCUT2D eigenvalue weighted by Crippen LogP contribution is 2.37. The molecule has 3 aromatic rings. The molecule has 7 nitrogen and oxygen atoms in total. The van der Waals surface area contributed by atoms with E-state index in [-0.39, 0.29) is 24.8 Å². The Kier molecular flexibility index (Phi) is 4.02. The Hall–Kier alpha value is -3.32. The third-order valence-electron chi connectivity index (χ3n) is 6.25. The third kappa shape index (κ3) is 2.85. The molecule has 2 aromatic heterocycles. The van der Waals surface area contributed by atoms with E-state index in [4.69, 9.17) is 9.47 Å². The van der Waals surface area contributed by atoms with Crippen LogP contribution < -0.4 is 9.47 Å². The largest absolute Gasteiger partial charge is 0.454 e. The summed E-state index contributed by atoms with van der Waals surface area (Å²) in [5.41, 5.74) is 2.86. The molecule has 0 unspecified atom stereocenters. The smallest absolute Gasteiger partial charge is 0.271 e. The van der Waals surface area contributed by atoms with Gasteiger partial charge in [0.1, 0.15) is 5.69 Å². The number of rotatable bonds is 4. The normalized spacial score (nSPS) is 22.3. The minimum absolute atomic E-state index is 0.0804. The van der Waals surface area contributed by atoms with Crippen LogP contribution in [-0.4, -0.2) is 51.2 Å². The van der Waals surface area contributed by atoms with Crippen molar-refractivity contribution in [2.45, 2.75) is 25.2 Å². The number of carbonyl (C=O) groups is 1. The molecule has 5 heterocycles. The highest BCUT2D eigenvalue weighted by atomic mass is 16.7. The van der Waals surface area contributed by atoms with E-state index in [1.807, 2.05) is 47.5 Å². The van der Waals surface area contributed by atoms with E-state index >= 15 is 0 Å². The molecule has 0 spiro atoms. The number of hydrogen-bond donors (Lipinski definition) is 0. The first-order valence-corrected chi connectivity index (χ1v) is 10.2. The molecule has 7 heteroatoms. The number of fused-ring (bicyclic) bond motifs is 4. The Morgan fingerprint density at radius 2 is 1.87 bits per heavy atom. The van der Waals surface area contributed by atoms with E-state index in [1.54, 1.807) is 6.20 Å². The maximum atomic E-state index is 13.2. The minimum atomic E-state index is 0.0804. The lowest BCUT2D eigenvalue weighted by atomic mass is 10.1. The van der Waals surface area contributed by atoms with Gasteiger partial charge in [0.15, 0.2) is 11.5 Å². The van der Waals surface area contributed by atoms with Gasteiger partial charge in [-0.2, -0.15) is 0 Å². The number of carbonyl (C=O) groups excluding carboxylic acids is 1. The molecular formula is C23H22N4O3. The number of hydrogen-bond acceptors (Lipinski definition) is 5. The Balaban J connectivity index is 1.27. The number of benzene rings is 1. The van der Waals surface area contributed by atoms with Gasteiger partial charge in [0.2, 0.25) is 6.79 Å². The molecule has 0 N–H and O–H groups in total. The van der Waals surface area contributed by atoms with E-state index in [1.165, 1.54) is 5.56 Å². The monoisotopic (exact) mass is 402 g/mol. The highest BCUT2D eigenvalue weighted by molar-refractivity contribution is 5.94. The van der Waals surface area contributed by atoms with Gasteiger partial charge in [0.25, 0.3) is 5.91 Å². The van der Waals surface area contributed by atoms with Gasteiger partial charge in [-0.15, -0.1) is 0 Å². The van der Waals surface area contributed by atoms with Crippen molar-refractivity contribution in [2.24, 2.45) is 0 Å². The van der Waals surface area contributed by atoms with Crippen molar-refractivity contribution in [1.29, 1.82) is 0 Å². The lowest BCUT2D eigenvalue weighted by molar-refractivity contribution is 0.0553. The maximum Gasteiger partial charge on any atom is 0.271 e. The average Bonchev–Trinajstić information content (AvgIpc) is 3.50. The van der Waals surface area contributed by atoms with Gasteiger partial charge in [-0.3, -0.25) is 14.7 Å². The van der Waals surface area contributed by atoms with Crippen LogP contribution in [0, 0.1) is 0 Å². The number of nitrogens with zero attached hydrogens (tertiary/aromatic N) is 4. The molecule has 3 aliphatic rings. The fourth-order valence-electron chi connectivity index (χ4n) is 4.87. The van der Waals surface area contributed by atoms with Crippen molar-refractivity contribution >= 4 is 5.91 Å². The molecular weight excluding hydrogens is 380 g/mol. The van der Waals surface area contributed by atoms with Crippen LogP contribution in [-0.2, 0) is 13.1 Å². The summed E-state index contributed by atoms with van der Waals surface area (Å²) in [6.45, 7) is 3.35. The van der Waals surface area contributed by atoms with Crippen LogP contribution in [0.1, 0.15) is 27.8 Å². The summed E-state index contributed by atoms with van der Waals surface area (Å²) in [4.78, 5) is 22.1. The van der Waals surface area contributed by atoms with Gasteiger partial charge >= 0.3 is 0 Å². The molecule has 3 aliphatic heterocycles. The zero-order valence-corrected chi connectivity index (χ0v) is 16.5. The first kappa shape index (κ1) is 17.5. The fourth-order valence-corrected chi connectivity index (χ4v) is 4.87. The first-order valence-electron chi connectivity index (χ1n) is 10.2. The topological polar surface area (TPSA) is 59.8 Å². The summed E-state index contributed by atoms with van der Waals surface area (Å²) >= 11 is 0. The summed E-state index contributed by atoms with van der Waals surface area (Å²) in [5, 5.41) is 0. The summed E-state index contributed by atoms with van der Waals surface area (Å²) in [6, 6.07) is 16.2. The lowest BCUT2D eigenvalue weighted by Crippen LogP contribution is -2.49. The van der Waals surface area contributed by atoms with Gasteiger partial charge in [-0.1, -0.05) is 12.1 Å².